The summed E-state index contributed by atoms with van der Waals surface area (Å²) in [5.74, 6) is 0.0498. The topological polar surface area (TPSA) is 138 Å². The van der Waals surface area contributed by atoms with Crippen LogP contribution in [0.1, 0.15) is 40.5 Å². The van der Waals surface area contributed by atoms with Gasteiger partial charge in [-0.15, -0.1) is 0 Å². The Kier molecular flexibility index (Phi) is 9.53. The molecule has 12 heteroatoms. The highest BCUT2D eigenvalue weighted by atomic mass is 35.5. The van der Waals surface area contributed by atoms with Crippen LogP contribution in [0.15, 0.2) is 42.7 Å². The van der Waals surface area contributed by atoms with Crippen molar-refractivity contribution in [2.45, 2.75) is 58.7 Å². The van der Waals surface area contributed by atoms with Gasteiger partial charge in [-0.05, 0) is 62.6 Å². The van der Waals surface area contributed by atoms with Crippen molar-refractivity contribution < 1.29 is 19.1 Å². The van der Waals surface area contributed by atoms with Crippen LogP contribution in [0.2, 0.25) is 5.02 Å². The Morgan fingerprint density at radius 1 is 1.12 bits per heavy atom. The molecule has 3 aromatic rings. The lowest BCUT2D eigenvalue weighted by molar-refractivity contribution is -0.143. The summed E-state index contributed by atoms with van der Waals surface area (Å²) in [5.41, 5.74) is 1.25. The number of anilines is 3. The Labute approximate surface area is 250 Å². The van der Waals surface area contributed by atoms with Gasteiger partial charge in [0, 0.05) is 28.7 Å². The summed E-state index contributed by atoms with van der Waals surface area (Å²) in [6, 6.07) is 8.71. The zero-order valence-corrected chi connectivity index (χ0v) is 25.5. The highest BCUT2D eigenvalue weighted by molar-refractivity contribution is 6.30. The minimum absolute atomic E-state index is 0.280. The third kappa shape index (κ3) is 6.91. The fraction of sp³-hybridized carbons (Fsp3) is 0.433. The number of halogens is 1. The molecule has 3 amide bonds. The predicted octanol–water partition coefficient (Wildman–Crippen LogP) is 4.10. The molecule has 2 heterocycles. The Morgan fingerprint density at radius 2 is 1.83 bits per heavy atom. The molecule has 3 atom stereocenters. The molecule has 1 aliphatic heterocycles. The maximum absolute atomic E-state index is 13.8. The summed E-state index contributed by atoms with van der Waals surface area (Å²) in [5, 5.41) is 13.3. The maximum atomic E-state index is 13.8. The van der Waals surface area contributed by atoms with Crippen molar-refractivity contribution in [1.82, 2.24) is 25.5 Å². The number of methoxy groups -OCH3 is 1. The summed E-state index contributed by atoms with van der Waals surface area (Å²) in [7, 11) is 3.20. The number of carbonyl (C=O) groups is 3. The lowest BCUT2D eigenvalue weighted by Crippen LogP contribution is -2.59. The average Bonchev–Trinajstić information content (AvgIpc) is 3.46. The molecular formula is C30H38ClN7O4. The van der Waals surface area contributed by atoms with E-state index in [1.165, 1.54) is 13.4 Å². The smallest absolute Gasteiger partial charge is 0.247 e. The maximum Gasteiger partial charge on any atom is 0.247 e. The second kappa shape index (κ2) is 12.9. The van der Waals surface area contributed by atoms with Gasteiger partial charge < -0.3 is 30.9 Å². The highest BCUT2D eigenvalue weighted by Gasteiger charge is 2.42. The molecule has 0 radical (unpaired) electrons. The fourth-order valence-corrected chi connectivity index (χ4v) is 4.98. The van der Waals surface area contributed by atoms with E-state index in [-0.39, 0.29) is 17.7 Å². The number of ether oxygens (including phenoxy) is 1. The Hall–Kier alpha value is -3.96. The number of likely N-dealkylation sites (tertiary alicyclic amines) is 1. The molecule has 1 unspecified atom stereocenters. The van der Waals surface area contributed by atoms with Crippen LogP contribution in [0.25, 0.3) is 10.9 Å². The molecule has 0 bridgehead atoms. The van der Waals surface area contributed by atoms with Gasteiger partial charge in [0.25, 0.3) is 0 Å². The monoisotopic (exact) mass is 595 g/mol. The normalized spacial score (nSPS) is 16.5. The van der Waals surface area contributed by atoms with E-state index in [0.717, 1.165) is 5.69 Å². The summed E-state index contributed by atoms with van der Waals surface area (Å²) in [6.07, 6.45) is 2.61. The first kappa shape index (κ1) is 31.0. The first-order valence-corrected chi connectivity index (χ1v) is 14.2. The van der Waals surface area contributed by atoms with Crippen LogP contribution in [-0.2, 0) is 14.4 Å². The molecule has 1 fully saturated rings. The SMILES string of the molecule is CN[C@@H](C)C(=O)N[C@H](C(=O)N1CCCC1C(=O)Nc1cc2c(Nc3ccc(Cl)cc3)ncnc2cc1OC)C(C)(C)C. The summed E-state index contributed by atoms with van der Waals surface area (Å²) in [4.78, 5) is 50.5. The zero-order chi connectivity index (χ0) is 30.6. The van der Waals surface area contributed by atoms with Crippen molar-refractivity contribution >= 4 is 57.4 Å². The van der Waals surface area contributed by atoms with Gasteiger partial charge in [0.05, 0.1) is 24.4 Å². The molecule has 224 valence electrons. The number of aromatic nitrogens is 2. The highest BCUT2D eigenvalue weighted by Crippen LogP contribution is 2.34. The largest absolute Gasteiger partial charge is 0.494 e. The molecule has 0 aliphatic carbocycles. The van der Waals surface area contributed by atoms with Crippen molar-refractivity contribution in [2.24, 2.45) is 5.41 Å². The number of likely N-dealkylation sites (N-methyl/N-ethyl adjacent to an activating group) is 1. The minimum atomic E-state index is -0.803. The Morgan fingerprint density at radius 3 is 2.48 bits per heavy atom. The molecule has 4 rings (SSSR count). The number of amides is 3. The molecule has 1 aromatic heterocycles. The number of nitrogens with zero attached hydrogens (tertiary/aromatic N) is 3. The molecule has 0 spiro atoms. The van der Waals surface area contributed by atoms with Crippen LogP contribution in [0, 0.1) is 5.41 Å². The van der Waals surface area contributed by atoms with Gasteiger partial charge in [-0.25, -0.2) is 9.97 Å². The second-order valence-corrected chi connectivity index (χ2v) is 11.9. The van der Waals surface area contributed by atoms with Gasteiger partial charge in [-0.3, -0.25) is 14.4 Å². The lowest BCUT2D eigenvalue weighted by Gasteiger charge is -2.36. The molecule has 2 aromatic carbocycles. The quantitative estimate of drug-likeness (QED) is 0.290. The third-order valence-corrected chi connectivity index (χ3v) is 7.64. The first-order chi connectivity index (χ1) is 19.9. The molecule has 4 N–H and O–H groups in total. The Balaban J connectivity index is 1.59. The number of rotatable bonds is 9. The predicted molar refractivity (Wildman–Crippen MR) is 164 cm³/mol. The van der Waals surface area contributed by atoms with Gasteiger partial charge in [0.2, 0.25) is 17.7 Å². The molecular weight excluding hydrogens is 558 g/mol. The van der Waals surface area contributed by atoms with Crippen molar-refractivity contribution in [3.63, 3.8) is 0 Å². The van der Waals surface area contributed by atoms with E-state index in [1.807, 2.05) is 32.9 Å². The van der Waals surface area contributed by atoms with Gasteiger partial charge in [-0.2, -0.15) is 0 Å². The summed E-state index contributed by atoms with van der Waals surface area (Å²) in [6.45, 7) is 7.82. The van der Waals surface area contributed by atoms with Crippen LogP contribution in [-0.4, -0.2) is 71.4 Å². The summed E-state index contributed by atoms with van der Waals surface area (Å²) >= 11 is 6.02. The number of hydrogen-bond acceptors (Lipinski definition) is 8. The van der Waals surface area contributed by atoms with Crippen LogP contribution >= 0.6 is 11.6 Å². The Bertz CT molecular complexity index is 1460. The zero-order valence-electron chi connectivity index (χ0n) is 24.7. The number of fused-ring (bicyclic) bond motifs is 1. The summed E-state index contributed by atoms with van der Waals surface area (Å²) < 4.78 is 5.58. The second-order valence-electron chi connectivity index (χ2n) is 11.4. The number of hydrogen-bond donors (Lipinski definition) is 4. The standard InChI is InChI=1S/C30H38ClN7O4/c1-17(32-5)27(39)37-25(30(2,3)4)29(41)38-13-7-8-23(38)28(40)36-22-14-20-21(15-24(22)42-6)33-16-34-26(20)35-19-11-9-18(31)10-12-19/h9-12,14-17,23,25,32H,7-8,13H2,1-6H3,(H,36,40)(H,37,39)(H,33,34,35)/t17-,23?,25+/m0/s1. The fourth-order valence-electron chi connectivity index (χ4n) is 4.85. The number of carbonyl (C=O) groups excluding carboxylic acids is 3. The minimum Gasteiger partial charge on any atom is -0.494 e. The van der Waals surface area contributed by atoms with Gasteiger partial charge >= 0.3 is 0 Å². The van der Waals surface area contributed by atoms with E-state index >= 15 is 0 Å². The van der Waals surface area contributed by atoms with Gasteiger partial charge in [0.15, 0.2) is 0 Å². The molecule has 11 nitrogen and oxygen atoms in total. The third-order valence-electron chi connectivity index (χ3n) is 7.39. The molecule has 0 saturated carbocycles. The van der Waals surface area contributed by atoms with Crippen molar-refractivity contribution in [3.05, 3.63) is 47.7 Å². The van der Waals surface area contributed by atoms with Gasteiger partial charge in [0.1, 0.15) is 30.0 Å². The van der Waals surface area contributed by atoms with E-state index in [9.17, 15) is 14.4 Å². The van der Waals surface area contributed by atoms with E-state index in [2.05, 4.69) is 31.2 Å². The van der Waals surface area contributed by atoms with Crippen LogP contribution < -0.4 is 26.0 Å². The molecule has 42 heavy (non-hydrogen) atoms. The van der Waals surface area contributed by atoms with Crippen molar-refractivity contribution in [3.8, 4) is 5.75 Å². The van der Waals surface area contributed by atoms with Crippen LogP contribution in [0.5, 0.6) is 5.75 Å². The van der Waals surface area contributed by atoms with Crippen LogP contribution in [0.3, 0.4) is 0 Å². The average molecular weight is 596 g/mol. The van der Waals surface area contributed by atoms with E-state index in [1.54, 1.807) is 43.1 Å². The number of benzene rings is 2. The van der Waals surface area contributed by atoms with Crippen molar-refractivity contribution in [2.75, 3.05) is 31.3 Å². The van der Waals surface area contributed by atoms with Crippen molar-refractivity contribution in [1.29, 1.82) is 0 Å². The van der Waals surface area contributed by atoms with Gasteiger partial charge in [-0.1, -0.05) is 32.4 Å². The molecule has 1 saturated heterocycles. The van der Waals surface area contributed by atoms with E-state index < -0.39 is 23.5 Å². The van der Waals surface area contributed by atoms with Crippen LogP contribution in [0.4, 0.5) is 17.2 Å². The van der Waals surface area contributed by atoms with E-state index in [0.29, 0.717) is 52.6 Å². The lowest BCUT2D eigenvalue weighted by atomic mass is 9.85. The molecule has 1 aliphatic rings. The number of nitrogens with one attached hydrogen (secondary N) is 4. The first-order valence-electron chi connectivity index (χ1n) is 13.9. The van der Waals surface area contributed by atoms with E-state index in [4.69, 9.17) is 16.3 Å².